The van der Waals surface area contributed by atoms with Crippen LogP contribution in [0.4, 0.5) is 4.79 Å². The zero-order valence-corrected chi connectivity index (χ0v) is 14.2. The van der Waals surface area contributed by atoms with Crippen molar-refractivity contribution in [3.05, 3.63) is 22.4 Å². The molecule has 0 spiro atoms. The van der Waals surface area contributed by atoms with Crippen molar-refractivity contribution in [1.82, 2.24) is 10.2 Å². The van der Waals surface area contributed by atoms with Gasteiger partial charge in [-0.15, -0.1) is 0 Å². The Morgan fingerprint density at radius 2 is 2.24 bits per heavy atom. The van der Waals surface area contributed by atoms with Crippen LogP contribution in [0.15, 0.2) is 16.8 Å². The summed E-state index contributed by atoms with van der Waals surface area (Å²) in [6.45, 7) is 5.70. The van der Waals surface area contributed by atoms with Gasteiger partial charge >= 0.3 is 6.03 Å². The van der Waals surface area contributed by atoms with Crippen LogP contribution in [-0.2, 0) is 16.3 Å². The fourth-order valence-electron chi connectivity index (χ4n) is 2.56. The van der Waals surface area contributed by atoms with Gasteiger partial charge in [-0.05, 0) is 49.6 Å². The normalized spacial score (nSPS) is 26.3. The lowest BCUT2D eigenvalue weighted by atomic mass is 10.1. The van der Waals surface area contributed by atoms with Gasteiger partial charge in [-0.3, -0.25) is 0 Å². The first kappa shape index (κ1) is 16.3. The minimum absolute atomic E-state index is 0.0214. The zero-order chi connectivity index (χ0) is 15.6. The van der Waals surface area contributed by atoms with Gasteiger partial charge in [0.25, 0.3) is 0 Å². The van der Waals surface area contributed by atoms with E-state index in [0.717, 1.165) is 6.42 Å². The molecule has 1 aliphatic rings. The maximum atomic E-state index is 12.3. The molecule has 0 aromatic carbocycles. The highest BCUT2D eigenvalue weighted by atomic mass is 32.2. The second-order valence-corrected chi connectivity index (χ2v) is 8.95. The van der Waals surface area contributed by atoms with Crippen molar-refractivity contribution in [2.75, 3.05) is 12.3 Å². The Morgan fingerprint density at radius 3 is 2.86 bits per heavy atom. The number of sulfone groups is 1. The van der Waals surface area contributed by atoms with Crippen molar-refractivity contribution in [2.45, 2.75) is 44.5 Å². The summed E-state index contributed by atoms with van der Waals surface area (Å²) in [5, 5.41) is 6.54. The van der Waals surface area contributed by atoms with E-state index >= 15 is 0 Å². The quantitative estimate of drug-likeness (QED) is 0.920. The van der Waals surface area contributed by atoms with E-state index in [1.807, 2.05) is 18.4 Å². The minimum atomic E-state index is -3.07. The van der Waals surface area contributed by atoms with Crippen LogP contribution in [0.1, 0.15) is 26.3 Å². The smallest absolute Gasteiger partial charge is 0.317 e. The number of hydrogen-bond donors (Lipinski definition) is 1. The van der Waals surface area contributed by atoms with Crippen molar-refractivity contribution in [1.29, 1.82) is 0 Å². The SMILES string of the molecule is C[C@H](Cc1ccsc1)NC(=O)N1CCS(=O)(=O)[C@H](C)[C@@H]1C. The first-order chi connectivity index (χ1) is 9.81. The highest BCUT2D eigenvalue weighted by molar-refractivity contribution is 7.92. The number of nitrogens with one attached hydrogen (secondary N) is 1. The molecule has 0 saturated carbocycles. The van der Waals surface area contributed by atoms with Gasteiger partial charge in [-0.25, -0.2) is 13.2 Å². The molecule has 21 heavy (non-hydrogen) atoms. The standard InChI is InChI=1S/C14H22N2O3S2/c1-10(8-13-4-6-20-9-13)15-14(17)16-5-7-21(18,19)12(3)11(16)2/h4,6,9-12H,5,7-8H2,1-3H3,(H,15,17)/t10-,11+,12-/m1/s1. The molecule has 2 heterocycles. The van der Waals surface area contributed by atoms with Crippen molar-refractivity contribution in [3.8, 4) is 0 Å². The predicted molar refractivity (Wildman–Crippen MR) is 85.4 cm³/mol. The third kappa shape index (κ3) is 3.77. The first-order valence-electron chi connectivity index (χ1n) is 7.11. The number of rotatable bonds is 3. The summed E-state index contributed by atoms with van der Waals surface area (Å²) >= 11 is 1.64. The number of urea groups is 1. The summed E-state index contributed by atoms with van der Waals surface area (Å²) in [4.78, 5) is 14.0. The van der Waals surface area contributed by atoms with Crippen LogP contribution in [0.2, 0.25) is 0 Å². The van der Waals surface area contributed by atoms with Gasteiger partial charge < -0.3 is 10.2 Å². The monoisotopic (exact) mass is 330 g/mol. The highest BCUT2D eigenvalue weighted by Crippen LogP contribution is 2.19. The predicted octanol–water partition coefficient (Wildman–Crippen LogP) is 1.90. The summed E-state index contributed by atoms with van der Waals surface area (Å²) in [7, 11) is -3.07. The lowest BCUT2D eigenvalue weighted by Gasteiger charge is -2.38. The molecule has 7 heteroatoms. The molecule has 1 fully saturated rings. The summed E-state index contributed by atoms with van der Waals surface area (Å²) in [5.74, 6) is 0.0465. The van der Waals surface area contributed by atoms with Gasteiger partial charge in [0.1, 0.15) is 0 Å². The summed E-state index contributed by atoms with van der Waals surface area (Å²) < 4.78 is 23.7. The van der Waals surface area contributed by atoms with Crippen LogP contribution in [0.25, 0.3) is 0 Å². The van der Waals surface area contributed by atoms with Crippen molar-refractivity contribution in [2.24, 2.45) is 0 Å². The number of carbonyl (C=O) groups is 1. The average molecular weight is 330 g/mol. The maximum Gasteiger partial charge on any atom is 0.317 e. The largest absolute Gasteiger partial charge is 0.335 e. The van der Waals surface area contributed by atoms with Crippen LogP contribution in [0, 0.1) is 0 Å². The molecule has 1 aromatic heterocycles. The summed E-state index contributed by atoms with van der Waals surface area (Å²) in [5.41, 5.74) is 1.20. The molecule has 1 saturated heterocycles. The third-order valence-electron chi connectivity index (χ3n) is 4.11. The van der Waals surface area contributed by atoms with E-state index < -0.39 is 15.1 Å². The van der Waals surface area contributed by atoms with Gasteiger partial charge in [-0.1, -0.05) is 0 Å². The molecule has 1 aromatic rings. The maximum absolute atomic E-state index is 12.3. The van der Waals surface area contributed by atoms with Gasteiger partial charge in [0.15, 0.2) is 9.84 Å². The van der Waals surface area contributed by atoms with Crippen LogP contribution in [-0.4, -0.2) is 49.0 Å². The van der Waals surface area contributed by atoms with Gasteiger partial charge in [0.2, 0.25) is 0 Å². The lowest BCUT2D eigenvalue weighted by molar-refractivity contribution is 0.175. The van der Waals surface area contributed by atoms with E-state index in [-0.39, 0.29) is 30.4 Å². The molecule has 0 radical (unpaired) electrons. The molecular weight excluding hydrogens is 308 g/mol. The molecule has 0 bridgehead atoms. The molecule has 2 amide bonds. The lowest BCUT2D eigenvalue weighted by Crippen LogP contribution is -2.57. The molecule has 1 N–H and O–H groups in total. The third-order valence-corrected chi connectivity index (χ3v) is 7.12. The average Bonchev–Trinajstić information content (AvgIpc) is 2.88. The number of thiophene rings is 1. The van der Waals surface area contributed by atoms with E-state index in [4.69, 9.17) is 0 Å². The first-order valence-corrected chi connectivity index (χ1v) is 9.77. The molecular formula is C14H22N2O3S2. The molecule has 0 aliphatic carbocycles. The molecule has 5 nitrogen and oxygen atoms in total. The number of carbonyl (C=O) groups excluding carboxylic acids is 1. The Bertz CT molecular complexity index is 583. The van der Waals surface area contributed by atoms with Crippen LogP contribution in [0.3, 0.4) is 0 Å². The van der Waals surface area contributed by atoms with Crippen molar-refractivity contribution < 1.29 is 13.2 Å². The Balaban J connectivity index is 1.94. The Morgan fingerprint density at radius 1 is 1.52 bits per heavy atom. The molecule has 2 rings (SSSR count). The fraction of sp³-hybridized carbons (Fsp3) is 0.643. The van der Waals surface area contributed by atoms with Crippen molar-refractivity contribution >= 4 is 27.2 Å². The van der Waals surface area contributed by atoms with E-state index in [1.165, 1.54) is 5.56 Å². The van der Waals surface area contributed by atoms with Crippen LogP contribution < -0.4 is 5.32 Å². The number of nitrogens with zero attached hydrogens (tertiary/aromatic N) is 1. The molecule has 118 valence electrons. The zero-order valence-electron chi connectivity index (χ0n) is 12.6. The van der Waals surface area contributed by atoms with Gasteiger partial charge in [0.05, 0.1) is 11.0 Å². The fourth-order valence-corrected chi connectivity index (χ4v) is 4.81. The molecule has 1 aliphatic heterocycles. The Hall–Kier alpha value is -1.08. The van der Waals surface area contributed by atoms with Gasteiger partial charge in [0, 0.05) is 18.6 Å². The topological polar surface area (TPSA) is 66.5 Å². The van der Waals surface area contributed by atoms with Crippen molar-refractivity contribution in [3.63, 3.8) is 0 Å². The minimum Gasteiger partial charge on any atom is -0.335 e. The Kier molecular flexibility index (Phi) is 4.93. The summed E-state index contributed by atoms with van der Waals surface area (Å²) in [6.07, 6.45) is 0.783. The molecule has 0 unspecified atom stereocenters. The highest BCUT2D eigenvalue weighted by Gasteiger charge is 2.38. The van der Waals surface area contributed by atoms with E-state index in [2.05, 4.69) is 10.7 Å². The summed E-state index contributed by atoms with van der Waals surface area (Å²) in [6, 6.07) is 1.60. The second kappa shape index (κ2) is 6.36. The molecule has 3 atom stereocenters. The van der Waals surface area contributed by atoms with E-state index in [0.29, 0.717) is 0 Å². The van der Waals surface area contributed by atoms with Gasteiger partial charge in [-0.2, -0.15) is 11.3 Å². The van der Waals surface area contributed by atoms with Crippen LogP contribution >= 0.6 is 11.3 Å². The number of hydrogen-bond acceptors (Lipinski definition) is 4. The van der Waals surface area contributed by atoms with E-state index in [1.54, 1.807) is 30.1 Å². The van der Waals surface area contributed by atoms with E-state index in [9.17, 15) is 13.2 Å². The number of amides is 2. The Labute approximate surface area is 130 Å². The second-order valence-electron chi connectivity index (χ2n) is 5.69. The van der Waals surface area contributed by atoms with Crippen LogP contribution in [0.5, 0.6) is 0 Å².